The maximum Gasteiger partial charge on any atom is 0.0139 e. The van der Waals surface area contributed by atoms with Crippen molar-refractivity contribution >= 4 is 11.3 Å². The van der Waals surface area contributed by atoms with Crippen molar-refractivity contribution in [3.05, 3.63) is 21.4 Å². The Kier molecular flexibility index (Phi) is 3.58. The van der Waals surface area contributed by atoms with Crippen LogP contribution in [0.5, 0.6) is 0 Å². The molecule has 0 unspecified atom stereocenters. The third-order valence-corrected chi connectivity index (χ3v) is 4.95. The smallest absolute Gasteiger partial charge is 0.0139 e. The van der Waals surface area contributed by atoms with Crippen molar-refractivity contribution in [2.75, 3.05) is 0 Å². The number of rotatable bonds is 0. The van der Waals surface area contributed by atoms with Gasteiger partial charge in [-0.15, -0.1) is 11.3 Å². The van der Waals surface area contributed by atoms with Crippen LogP contribution in [-0.2, 0) is 16.2 Å². The molecule has 0 saturated carbocycles. The molecular weight excluding hydrogens is 224 g/mol. The van der Waals surface area contributed by atoms with E-state index in [1.807, 2.05) is 11.3 Å². The summed E-state index contributed by atoms with van der Waals surface area (Å²) < 4.78 is 0. The maximum absolute atomic E-state index is 2.44. The second-order valence-corrected chi connectivity index (χ2v) is 9.16. The molecule has 0 amide bonds. The Morgan fingerprint density at radius 3 is 1.41 bits per heavy atom. The van der Waals surface area contributed by atoms with E-state index in [1.165, 1.54) is 10.4 Å². The minimum atomic E-state index is 0.239. The van der Waals surface area contributed by atoms with Crippen molar-refractivity contribution in [1.29, 1.82) is 0 Å². The molecule has 0 aliphatic carbocycles. The SMILES string of the molecule is CC(C)(C)c1cc(C(C)(C)C)c(C(C)(C)C)s1. The van der Waals surface area contributed by atoms with Gasteiger partial charge < -0.3 is 0 Å². The van der Waals surface area contributed by atoms with Crippen molar-refractivity contribution in [1.82, 2.24) is 0 Å². The zero-order chi connectivity index (χ0) is 13.6. The summed E-state index contributed by atoms with van der Waals surface area (Å²) in [5, 5.41) is 0. The molecule has 1 heteroatoms. The van der Waals surface area contributed by atoms with Gasteiger partial charge in [0.15, 0.2) is 0 Å². The largest absolute Gasteiger partial charge is 0.144 e. The molecule has 1 aromatic heterocycles. The molecule has 0 bridgehead atoms. The molecule has 0 saturated heterocycles. The van der Waals surface area contributed by atoms with Crippen LogP contribution in [0.2, 0.25) is 0 Å². The lowest BCUT2D eigenvalue weighted by atomic mass is 9.80. The topological polar surface area (TPSA) is 0 Å². The summed E-state index contributed by atoms with van der Waals surface area (Å²) >= 11 is 2.00. The average Bonchev–Trinajstić information content (AvgIpc) is 2.42. The average molecular weight is 252 g/mol. The van der Waals surface area contributed by atoms with Crippen molar-refractivity contribution in [3.8, 4) is 0 Å². The van der Waals surface area contributed by atoms with Crippen LogP contribution in [0.25, 0.3) is 0 Å². The second-order valence-electron chi connectivity index (χ2n) is 8.10. The third kappa shape index (κ3) is 3.34. The molecule has 1 rings (SSSR count). The highest BCUT2D eigenvalue weighted by atomic mass is 32.1. The van der Waals surface area contributed by atoms with E-state index < -0.39 is 0 Å². The number of hydrogen-bond donors (Lipinski definition) is 0. The predicted octanol–water partition coefficient (Wildman–Crippen LogP) is 5.64. The number of hydrogen-bond acceptors (Lipinski definition) is 1. The summed E-state index contributed by atoms with van der Waals surface area (Å²) in [5.41, 5.74) is 2.27. The first kappa shape index (κ1) is 14.8. The molecule has 1 aromatic rings. The van der Waals surface area contributed by atoms with Gasteiger partial charge in [0.05, 0.1) is 0 Å². The highest BCUT2D eigenvalue weighted by Gasteiger charge is 2.30. The molecule has 0 N–H and O–H groups in total. The molecule has 0 nitrogen and oxygen atoms in total. The van der Waals surface area contributed by atoms with Gasteiger partial charge in [-0.1, -0.05) is 62.3 Å². The van der Waals surface area contributed by atoms with E-state index in [2.05, 4.69) is 68.4 Å². The Morgan fingerprint density at radius 1 is 0.706 bits per heavy atom. The molecule has 1 heterocycles. The van der Waals surface area contributed by atoms with Gasteiger partial charge in [-0.05, 0) is 27.9 Å². The maximum atomic E-state index is 2.44. The van der Waals surface area contributed by atoms with E-state index in [4.69, 9.17) is 0 Å². The molecular formula is C16H28S. The first-order valence-electron chi connectivity index (χ1n) is 6.49. The minimum Gasteiger partial charge on any atom is -0.144 e. The summed E-state index contributed by atoms with van der Waals surface area (Å²) in [6.45, 7) is 20.8. The zero-order valence-corrected chi connectivity index (χ0v) is 13.8. The summed E-state index contributed by atoms with van der Waals surface area (Å²) in [7, 11) is 0. The first-order chi connectivity index (χ1) is 7.33. The van der Waals surface area contributed by atoms with Gasteiger partial charge in [0, 0.05) is 9.75 Å². The van der Waals surface area contributed by atoms with Gasteiger partial charge in [-0.2, -0.15) is 0 Å². The van der Waals surface area contributed by atoms with Gasteiger partial charge >= 0.3 is 0 Å². The van der Waals surface area contributed by atoms with Crippen LogP contribution in [0.3, 0.4) is 0 Å². The summed E-state index contributed by atoms with van der Waals surface area (Å²) in [6.07, 6.45) is 0. The molecule has 0 aliphatic heterocycles. The van der Waals surface area contributed by atoms with Crippen molar-refractivity contribution in [2.45, 2.75) is 78.6 Å². The van der Waals surface area contributed by atoms with Crippen LogP contribution >= 0.6 is 11.3 Å². The van der Waals surface area contributed by atoms with Gasteiger partial charge in [-0.3, -0.25) is 0 Å². The lowest BCUT2D eigenvalue weighted by Gasteiger charge is -2.26. The monoisotopic (exact) mass is 252 g/mol. The second kappa shape index (κ2) is 4.12. The quantitative estimate of drug-likeness (QED) is 0.560. The summed E-state index contributed by atoms with van der Waals surface area (Å²) in [5.74, 6) is 0. The standard InChI is InChI=1S/C16H28S/c1-14(2,3)11-10-12(15(4,5)6)17-13(11)16(7,8)9/h10H,1-9H3. The highest BCUT2D eigenvalue weighted by Crippen LogP contribution is 2.43. The molecule has 0 spiro atoms. The lowest BCUT2D eigenvalue weighted by Crippen LogP contribution is -2.19. The molecule has 0 aromatic carbocycles. The van der Waals surface area contributed by atoms with Crippen LogP contribution in [0.4, 0.5) is 0 Å². The highest BCUT2D eigenvalue weighted by molar-refractivity contribution is 7.12. The van der Waals surface area contributed by atoms with Crippen LogP contribution in [0.15, 0.2) is 6.07 Å². The normalized spacial score (nSPS) is 14.2. The predicted molar refractivity (Wildman–Crippen MR) is 80.4 cm³/mol. The fourth-order valence-corrected chi connectivity index (χ4v) is 3.36. The zero-order valence-electron chi connectivity index (χ0n) is 13.0. The van der Waals surface area contributed by atoms with E-state index in [0.717, 1.165) is 0 Å². The Labute approximate surface area is 111 Å². The Hall–Kier alpha value is -0.300. The van der Waals surface area contributed by atoms with Crippen LogP contribution in [0.1, 0.15) is 77.6 Å². The minimum absolute atomic E-state index is 0.239. The summed E-state index contributed by atoms with van der Waals surface area (Å²) in [6, 6.07) is 2.44. The third-order valence-electron chi connectivity index (χ3n) is 2.96. The van der Waals surface area contributed by atoms with Gasteiger partial charge in [0.2, 0.25) is 0 Å². The molecule has 17 heavy (non-hydrogen) atoms. The van der Waals surface area contributed by atoms with E-state index in [0.29, 0.717) is 0 Å². The van der Waals surface area contributed by atoms with Crippen molar-refractivity contribution in [2.24, 2.45) is 0 Å². The van der Waals surface area contributed by atoms with Crippen molar-refractivity contribution < 1.29 is 0 Å². The molecule has 0 aliphatic rings. The fourth-order valence-electron chi connectivity index (χ4n) is 1.87. The Morgan fingerprint density at radius 2 is 1.18 bits per heavy atom. The van der Waals surface area contributed by atoms with Crippen molar-refractivity contribution in [3.63, 3.8) is 0 Å². The number of thiophene rings is 1. The van der Waals surface area contributed by atoms with Crippen LogP contribution in [0, 0.1) is 0 Å². The van der Waals surface area contributed by atoms with Gasteiger partial charge in [0.25, 0.3) is 0 Å². The summed E-state index contributed by atoms with van der Waals surface area (Å²) in [4.78, 5) is 3.06. The lowest BCUT2D eigenvalue weighted by molar-refractivity contribution is 0.540. The van der Waals surface area contributed by atoms with Gasteiger partial charge in [-0.25, -0.2) is 0 Å². The van der Waals surface area contributed by atoms with E-state index >= 15 is 0 Å². The van der Waals surface area contributed by atoms with E-state index in [1.54, 1.807) is 4.88 Å². The molecule has 0 atom stereocenters. The first-order valence-corrected chi connectivity index (χ1v) is 7.30. The fraction of sp³-hybridized carbons (Fsp3) is 0.750. The Balaban J connectivity index is 3.44. The van der Waals surface area contributed by atoms with E-state index in [-0.39, 0.29) is 16.2 Å². The van der Waals surface area contributed by atoms with Gasteiger partial charge in [0.1, 0.15) is 0 Å². The van der Waals surface area contributed by atoms with E-state index in [9.17, 15) is 0 Å². The van der Waals surface area contributed by atoms with Crippen LogP contribution < -0.4 is 0 Å². The van der Waals surface area contributed by atoms with Crippen LogP contribution in [-0.4, -0.2) is 0 Å². The molecule has 0 radical (unpaired) electrons. The molecule has 98 valence electrons. The Bertz CT molecular complexity index is 357. The molecule has 0 fully saturated rings.